The van der Waals surface area contributed by atoms with Gasteiger partial charge in [0.1, 0.15) is 0 Å². The van der Waals surface area contributed by atoms with Crippen LogP contribution in [0.1, 0.15) is 36.2 Å². The Morgan fingerprint density at radius 1 is 1.29 bits per heavy atom. The van der Waals surface area contributed by atoms with Crippen molar-refractivity contribution in [2.24, 2.45) is 13.0 Å². The molecule has 2 rings (SSSR count). The third-order valence-corrected chi connectivity index (χ3v) is 5.41. The van der Waals surface area contributed by atoms with Gasteiger partial charge in [-0.2, -0.15) is 5.10 Å². The minimum Gasteiger partial charge on any atom is -0.396 e. The van der Waals surface area contributed by atoms with E-state index in [1.54, 1.807) is 0 Å². The van der Waals surface area contributed by atoms with Gasteiger partial charge in [0.2, 0.25) is 5.91 Å². The summed E-state index contributed by atoms with van der Waals surface area (Å²) in [7, 11) is 6.07. The molecule has 1 aliphatic rings. The number of amides is 1. The molecule has 0 spiro atoms. The van der Waals surface area contributed by atoms with Gasteiger partial charge >= 0.3 is 0 Å². The van der Waals surface area contributed by atoms with Gasteiger partial charge in [-0.25, -0.2) is 0 Å². The van der Waals surface area contributed by atoms with Crippen molar-refractivity contribution < 1.29 is 9.90 Å². The van der Waals surface area contributed by atoms with E-state index in [9.17, 15) is 9.90 Å². The van der Waals surface area contributed by atoms with E-state index in [-0.39, 0.29) is 18.4 Å². The molecule has 1 N–H and O–H groups in total. The first kappa shape index (κ1) is 18.9. The zero-order chi connectivity index (χ0) is 17.9. The Morgan fingerprint density at radius 2 is 2.00 bits per heavy atom. The van der Waals surface area contributed by atoms with Crippen LogP contribution >= 0.6 is 0 Å². The lowest BCUT2D eigenvalue weighted by Crippen LogP contribution is -2.42. The smallest absolute Gasteiger partial charge is 0.222 e. The van der Waals surface area contributed by atoms with Crippen LogP contribution in [0.15, 0.2) is 0 Å². The summed E-state index contributed by atoms with van der Waals surface area (Å²) in [5, 5.41) is 14.0. The molecule has 0 unspecified atom stereocenters. The largest absolute Gasteiger partial charge is 0.396 e. The maximum Gasteiger partial charge on any atom is 0.222 e. The number of hydrogen-bond donors (Lipinski definition) is 1. The molecule has 1 saturated heterocycles. The zero-order valence-corrected chi connectivity index (χ0v) is 15.7. The number of likely N-dealkylation sites (tertiary alicyclic amines) is 1. The molecule has 1 fully saturated rings. The Morgan fingerprint density at radius 3 is 2.54 bits per heavy atom. The molecule has 0 saturated carbocycles. The molecule has 6 nitrogen and oxygen atoms in total. The van der Waals surface area contributed by atoms with E-state index in [0.717, 1.165) is 37.2 Å². The van der Waals surface area contributed by atoms with Gasteiger partial charge in [-0.05, 0) is 58.7 Å². The summed E-state index contributed by atoms with van der Waals surface area (Å²) in [5.41, 5.74) is 3.33. The number of aliphatic hydroxyl groups is 1. The van der Waals surface area contributed by atoms with Crippen LogP contribution in [-0.4, -0.2) is 70.4 Å². The van der Waals surface area contributed by atoms with E-state index in [0.29, 0.717) is 19.0 Å². The second-order valence-electron chi connectivity index (χ2n) is 7.32. The van der Waals surface area contributed by atoms with E-state index in [2.05, 4.69) is 31.0 Å². The third-order valence-electron chi connectivity index (χ3n) is 5.41. The zero-order valence-electron chi connectivity index (χ0n) is 15.7. The Balaban J connectivity index is 2.03. The number of carbonyl (C=O) groups excluding carboxylic acids is 1. The fraction of sp³-hybridized carbons (Fsp3) is 0.778. The number of carbonyl (C=O) groups is 1. The molecule has 1 amide bonds. The van der Waals surface area contributed by atoms with Gasteiger partial charge in [0.15, 0.2) is 0 Å². The molecule has 2 heterocycles. The van der Waals surface area contributed by atoms with Crippen LogP contribution in [0.3, 0.4) is 0 Å². The summed E-state index contributed by atoms with van der Waals surface area (Å²) in [6.45, 7) is 5.64. The Labute approximate surface area is 145 Å². The molecule has 1 aromatic heterocycles. The number of likely N-dealkylation sites (N-methyl/N-ethyl adjacent to an activating group) is 1. The topological polar surface area (TPSA) is 61.6 Å². The first-order chi connectivity index (χ1) is 11.3. The van der Waals surface area contributed by atoms with E-state index >= 15 is 0 Å². The minimum absolute atomic E-state index is 0.157. The van der Waals surface area contributed by atoms with Crippen molar-refractivity contribution in [2.75, 3.05) is 33.8 Å². The van der Waals surface area contributed by atoms with Gasteiger partial charge < -0.3 is 14.9 Å². The first-order valence-electron chi connectivity index (χ1n) is 8.87. The van der Waals surface area contributed by atoms with Crippen LogP contribution in [0.5, 0.6) is 0 Å². The molecule has 0 bridgehead atoms. The van der Waals surface area contributed by atoms with Crippen LogP contribution in [0.4, 0.5) is 0 Å². The summed E-state index contributed by atoms with van der Waals surface area (Å²) in [5.74, 6) is 0.380. The Kier molecular flexibility index (Phi) is 6.40. The first-order valence-corrected chi connectivity index (χ1v) is 8.87. The summed E-state index contributed by atoms with van der Waals surface area (Å²) in [6.07, 6.45) is 3.25. The summed E-state index contributed by atoms with van der Waals surface area (Å²) in [6, 6.07) is 0.368. The van der Waals surface area contributed by atoms with Crippen LogP contribution in [0, 0.1) is 19.8 Å². The fourth-order valence-corrected chi connectivity index (χ4v) is 3.59. The normalized spacial score (nSPS) is 22.0. The van der Waals surface area contributed by atoms with Crippen molar-refractivity contribution in [3.63, 3.8) is 0 Å². The SMILES string of the molecule is Cc1nn(C)c(C)c1CCC(=O)N1C[C@@H](CO)CC[C@@H](N(C)C)C1. The summed E-state index contributed by atoms with van der Waals surface area (Å²) < 4.78 is 1.88. The molecular weight excluding hydrogens is 304 g/mol. The third kappa shape index (κ3) is 4.36. The standard InChI is InChI=1S/C18H32N4O2/c1-13-17(14(2)21(5)19-13)8-9-18(24)22-10-15(12-23)6-7-16(11-22)20(3)4/h15-16,23H,6-12H2,1-5H3/t15-,16+/m0/s1. The van der Waals surface area contributed by atoms with Crippen molar-refractivity contribution in [3.05, 3.63) is 17.0 Å². The van der Waals surface area contributed by atoms with Crippen LogP contribution in [0.25, 0.3) is 0 Å². The van der Waals surface area contributed by atoms with Crippen molar-refractivity contribution in [3.8, 4) is 0 Å². The van der Waals surface area contributed by atoms with Crippen LogP contribution < -0.4 is 0 Å². The summed E-state index contributed by atoms with van der Waals surface area (Å²) >= 11 is 0. The quantitative estimate of drug-likeness (QED) is 0.876. The molecule has 0 aliphatic carbocycles. The van der Waals surface area contributed by atoms with Crippen LogP contribution in [-0.2, 0) is 18.3 Å². The van der Waals surface area contributed by atoms with Gasteiger partial charge in [-0.3, -0.25) is 9.48 Å². The van der Waals surface area contributed by atoms with E-state index in [4.69, 9.17) is 0 Å². The molecule has 6 heteroatoms. The summed E-state index contributed by atoms with van der Waals surface area (Å²) in [4.78, 5) is 16.9. The lowest BCUT2D eigenvalue weighted by Gasteiger charge is -2.29. The predicted molar refractivity (Wildman–Crippen MR) is 94.9 cm³/mol. The van der Waals surface area contributed by atoms with Crippen molar-refractivity contribution in [1.82, 2.24) is 19.6 Å². The van der Waals surface area contributed by atoms with Gasteiger partial charge in [0.25, 0.3) is 0 Å². The number of aliphatic hydroxyl groups excluding tert-OH is 1. The Hall–Kier alpha value is -1.40. The molecule has 2 atom stereocenters. The predicted octanol–water partition coefficient (Wildman–Crippen LogP) is 1.13. The van der Waals surface area contributed by atoms with Crippen LogP contribution in [0.2, 0.25) is 0 Å². The number of aromatic nitrogens is 2. The second-order valence-corrected chi connectivity index (χ2v) is 7.32. The maximum absolute atomic E-state index is 12.8. The van der Waals surface area contributed by atoms with Gasteiger partial charge in [0, 0.05) is 44.9 Å². The molecule has 24 heavy (non-hydrogen) atoms. The van der Waals surface area contributed by atoms with E-state index in [1.165, 1.54) is 5.56 Å². The van der Waals surface area contributed by atoms with Crippen molar-refractivity contribution in [2.45, 2.75) is 45.6 Å². The highest BCUT2D eigenvalue weighted by Crippen LogP contribution is 2.21. The average molecular weight is 336 g/mol. The van der Waals surface area contributed by atoms with Crippen molar-refractivity contribution in [1.29, 1.82) is 0 Å². The highest BCUT2D eigenvalue weighted by atomic mass is 16.3. The maximum atomic E-state index is 12.8. The number of rotatable bonds is 5. The van der Waals surface area contributed by atoms with Crippen molar-refractivity contribution >= 4 is 5.91 Å². The van der Waals surface area contributed by atoms with E-state index in [1.807, 2.05) is 23.6 Å². The Bertz CT molecular complexity index is 568. The minimum atomic E-state index is 0.157. The monoisotopic (exact) mass is 336 g/mol. The highest BCUT2D eigenvalue weighted by Gasteiger charge is 2.27. The highest BCUT2D eigenvalue weighted by molar-refractivity contribution is 5.76. The molecule has 0 radical (unpaired) electrons. The second kappa shape index (κ2) is 8.12. The number of hydrogen-bond acceptors (Lipinski definition) is 4. The average Bonchev–Trinajstić information content (AvgIpc) is 2.72. The molecule has 1 aromatic rings. The fourth-order valence-electron chi connectivity index (χ4n) is 3.59. The molecule has 136 valence electrons. The lowest BCUT2D eigenvalue weighted by atomic mass is 10.0. The molecule has 0 aromatic carbocycles. The molecule has 1 aliphatic heterocycles. The van der Waals surface area contributed by atoms with Gasteiger partial charge in [-0.15, -0.1) is 0 Å². The van der Waals surface area contributed by atoms with Gasteiger partial charge in [0.05, 0.1) is 5.69 Å². The lowest BCUT2D eigenvalue weighted by molar-refractivity contribution is -0.132. The van der Waals surface area contributed by atoms with Gasteiger partial charge in [-0.1, -0.05) is 0 Å². The molecular formula is C18H32N4O2. The number of aryl methyl sites for hydroxylation is 2. The number of nitrogens with zero attached hydrogens (tertiary/aromatic N) is 4. The van der Waals surface area contributed by atoms with E-state index < -0.39 is 0 Å².